The Morgan fingerprint density at radius 3 is 2.46 bits per heavy atom. The molecule has 0 saturated carbocycles. The molecule has 0 radical (unpaired) electrons. The summed E-state index contributed by atoms with van der Waals surface area (Å²) in [5.74, 6) is 2.28. The first-order chi connectivity index (χ1) is 12.4. The van der Waals surface area contributed by atoms with Crippen LogP contribution in [0.5, 0.6) is 11.5 Å². The minimum absolute atomic E-state index is 0.122. The molecular weight excluding hydrogens is 352 g/mol. The van der Waals surface area contributed by atoms with Crippen LogP contribution in [-0.4, -0.2) is 49.9 Å². The zero-order valence-corrected chi connectivity index (χ0v) is 16.4. The van der Waals surface area contributed by atoms with Gasteiger partial charge in [-0.3, -0.25) is 0 Å². The third kappa shape index (κ3) is 3.32. The van der Waals surface area contributed by atoms with Crippen molar-refractivity contribution < 1.29 is 17.9 Å². The Morgan fingerprint density at radius 1 is 1.04 bits per heavy atom. The van der Waals surface area contributed by atoms with Crippen molar-refractivity contribution in [2.45, 2.75) is 39.2 Å². The van der Waals surface area contributed by atoms with Gasteiger partial charge in [-0.1, -0.05) is 19.9 Å². The molecule has 0 N–H and O–H groups in total. The van der Waals surface area contributed by atoms with Gasteiger partial charge < -0.3 is 9.47 Å². The average Bonchev–Trinajstić information content (AvgIpc) is 3.11. The van der Waals surface area contributed by atoms with E-state index in [2.05, 4.69) is 13.8 Å². The second-order valence-corrected chi connectivity index (χ2v) is 9.82. The van der Waals surface area contributed by atoms with E-state index in [1.165, 1.54) is 0 Å². The molecule has 3 heterocycles. The highest BCUT2D eigenvalue weighted by Gasteiger charge is 2.41. The normalized spacial score (nSPS) is 30.5. The van der Waals surface area contributed by atoms with E-state index in [0.717, 1.165) is 36.3 Å². The fourth-order valence-electron chi connectivity index (χ4n) is 4.56. The number of hydrogen-bond acceptors (Lipinski definition) is 4. The fourth-order valence-corrected chi connectivity index (χ4v) is 6.65. The van der Waals surface area contributed by atoms with Gasteiger partial charge in [-0.15, -0.1) is 0 Å². The average molecular weight is 381 g/mol. The second kappa shape index (κ2) is 7.02. The Balaban J connectivity index is 1.60. The largest absolute Gasteiger partial charge is 0.486 e. The van der Waals surface area contributed by atoms with E-state index < -0.39 is 10.2 Å². The lowest BCUT2D eigenvalue weighted by Crippen LogP contribution is -2.49. The third-order valence-corrected chi connectivity index (χ3v) is 7.59. The molecule has 2 fully saturated rings. The van der Waals surface area contributed by atoms with Crippen molar-refractivity contribution in [2.24, 2.45) is 11.8 Å². The van der Waals surface area contributed by atoms with Gasteiger partial charge in [0.15, 0.2) is 11.5 Å². The van der Waals surface area contributed by atoms with Crippen molar-refractivity contribution in [3.8, 4) is 11.5 Å². The number of ether oxygens (including phenoxy) is 2. The zero-order chi connectivity index (χ0) is 18.3. The fraction of sp³-hybridized carbons (Fsp3) is 0.684. The third-order valence-electron chi connectivity index (χ3n) is 5.61. The quantitative estimate of drug-likeness (QED) is 0.809. The summed E-state index contributed by atoms with van der Waals surface area (Å²) in [5.41, 5.74) is 0.994. The van der Waals surface area contributed by atoms with E-state index in [0.29, 0.717) is 44.7 Å². The Kier molecular flexibility index (Phi) is 4.88. The van der Waals surface area contributed by atoms with Gasteiger partial charge in [-0.25, -0.2) is 0 Å². The highest BCUT2D eigenvalue weighted by molar-refractivity contribution is 7.86. The standard InChI is InChI=1S/C19H28N2O4S/c1-14-10-15(2)13-20(12-14)26(22,23)21-7-3-4-17(21)16-5-6-18-19(11-16)25-9-8-24-18/h5-6,11,14-15,17H,3-4,7-10,12-13H2,1-2H3. The molecule has 26 heavy (non-hydrogen) atoms. The van der Waals surface area contributed by atoms with Crippen LogP contribution in [0.1, 0.15) is 44.7 Å². The summed E-state index contributed by atoms with van der Waals surface area (Å²) in [6, 6.07) is 5.71. The van der Waals surface area contributed by atoms with Crippen LogP contribution >= 0.6 is 0 Å². The van der Waals surface area contributed by atoms with Gasteiger partial charge in [-0.2, -0.15) is 17.0 Å². The first kappa shape index (κ1) is 18.1. The summed E-state index contributed by atoms with van der Waals surface area (Å²) in [5, 5.41) is 0. The van der Waals surface area contributed by atoms with E-state index in [-0.39, 0.29) is 6.04 Å². The Bertz CT molecular complexity index is 757. The Hall–Kier alpha value is -1.31. The maximum absolute atomic E-state index is 13.3. The van der Waals surface area contributed by atoms with Gasteiger partial charge in [-0.05, 0) is 48.8 Å². The van der Waals surface area contributed by atoms with Crippen LogP contribution in [0.3, 0.4) is 0 Å². The summed E-state index contributed by atoms with van der Waals surface area (Å²) in [6.45, 7) is 7.20. The summed E-state index contributed by atoms with van der Waals surface area (Å²) in [6.07, 6.45) is 2.83. The number of fused-ring (bicyclic) bond motifs is 1. The maximum Gasteiger partial charge on any atom is 0.282 e. The lowest BCUT2D eigenvalue weighted by atomic mass is 9.94. The first-order valence-corrected chi connectivity index (χ1v) is 11.0. The van der Waals surface area contributed by atoms with Crippen molar-refractivity contribution in [2.75, 3.05) is 32.8 Å². The molecule has 2 saturated heterocycles. The number of hydrogen-bond donors (Lipinski definition) is 0. The smallest absolute Gasteiger partial charge is 0.282 e. The van der Waals surface area contributed by atoms with E-state index >= 15 is 0 Å². The molecule has 3 aliphatic rings. The van der Waals surface area contributed by atoms with Crippen LogP contribution < -0.4 is 9.47 Å². The van der Waals surface area contributed by atoms with Gasteiger partial charge >= 0.3 is 0 Å². The summed E-state index contributed by atoms with van der Waals surface area (Å²) in [4.78, 5) is 0. The zero-order valence-electron chi connectivity index (χ0n) is 15.6. The predicted octanol–water partition coefficient (Wildman–Crippen LogP) is 2.82. The molecule has 0 bridgehead atoms. The molecule has 4 rings (SSSR count). The Morgan fingerprint density at radius 2 is 1.73 bits per heavy atom. The van der Waals surface area contributed by atoms with E-state index in [9.17, 15) is 8.42 Å². The lowest BCUT2D eigenvalue weighted by molar-refractivity contribution is 0.171. The summed E-state index contributed by atoms with van der Waals surface area (Å²) in [7, 11) is -3.45. The maximum atomic E-state index is 13.3. The summed E-state index contributed by atoms with van der Waals surface area (Å²) >= 11 is 0. The number of rotatable bonds is 3. The lowest BCUT2D eigenvalue weighted by Gasteiger charge is -2.37. The van der Waals surface area contributed by atoms with Gasteiger partial charge in [0.05, 0.1) is 6.04 Å². The molecule has 3 unspecified atom stereocenters. The second-order valence-electron chi connectivity index (χ2n) is 7.94. The van der Waals surface area contributed by atoms with Gasteiger partial charge in [0.25, 0.3) is 10.2 Å². The van der Waals surface area contributed by atoms with Crippen LogP contribution in [0.4, 0.5) is 0 Å². The van der Waals surface area contributed by atoms with Crippen molar-refractivity contribution in [3.05, 3.63) is 23.8 Å². The van der Waals surface area contributed by atoms with E-state index in [4.69, 9.17) is 9.47 Å². The molecule has 0 spiro atoms. The van der Waals surface area contributed by atoms with Crippen LogP contribution in [-0.2, 0) is 10.2 Å². The molecule has 0 aliphatic carbocycles. The number of nitrogens with zero attached hydrogens (tertiary/aromatic N) is 2. The highest BCUT2D eigenvalue weighted by atomic mass is 32.2. The van der Waals surface area contributed by atoms with E-state index in [1.807, 2.05) is 18.2 Å². The van der Waals surface area contributed by atoms with Crippen molar-refractivity contribution in [1.82, 2.24) is 8.61 Å². The number of piperidine rings is 1. The molecular formula is C19H28N2O4S. The molecule has 0 aromatic heterocycles. The molecule has 144 valence electrons. The molecule has 7 heteroatoms. The molecule has 1 aromatic carbocycles. The van der Waals surface area contributed by atoms with Crippen molar-refractivity contribution >= 4 is 10.2 Å². The SMILES string of the molecule is CC1CC(C)CN(S(=O)(=O)N2CCCC2c2ccc3c(c2)OCCO3)C1. The number of benzene rings is 1. The van der Waals surface area contributed by atoms with Crippen LogP contribution in [0, 0.1) is 11.8 Å². The van der Waals surface area contributed by atoms with Crippen LogP contribution in [0.15, 0.2) is 18.2 Å². The predicted molar refractivity (Wildman–Crippen MR) is 99.6 cm³/mol. The molecule has 1 aromatic rings. The highest BCUT2D eigenvalue weighted by Crippen LogP contribution is 2.40. The van der Waals surface area contributed by atoms with Gasteiger partial charge in [0.2, 0.25) is 0 Å². The Labute approximate surface area is 156 Å². The van der Waals surface area contributed by atoms with Gasteiger partial charge in [0, 0.05) is 19.6 Å². The summed E-state index contributed by atoms with van der Waals surface area (Å²) < 4.78 is 41.4. The molecule has 6 nitrogen and oxygen atoms in total. The first-order valence-electron chi connectivity index (χ1n) is 9.61. The molecule has 0 amide bonds. The van der Waals surface area contributed by atoms with Crippen molar-refractivity contribution in [1.29, 1.82) is 0 Å². The minimum atomic E-state index is -3.45. The minimum Gasteiger partial charge on any atom is -0.486 e. The van der Waals surface area contributed by atoms with Crippen LogP contribution in [0.2, 0.25) is 0 Å². The topological polar surface area (TPSA) is 59.1 Å². The monoisotopic (exact) mass is 380 g/mol. The van der Waals surface area contributed by atoms with E-state index in [1.54, 1.807) is 8.61 Å². The molecule has 3 aliphatic heterocycles. The van der Waals surface area contributed by atoms with Gasteiger partial charge in [0.1, 0.15) is 13.2 Å². The van der Waals surface area contributed by atoms with Crippen LogP contribution in [0.25, 0.3) is 0 Å². The molecule has 3 atom stereocenters. The van der Waals surface area contributed by atoms with Crippen molar-refractivity contribution in [3.63, 3.8) is 0 Å².